The van der Waals surface area contributed by atoms with Crippen molar-refractivity contribution in [2.24, 2.45) is 0 Å². The van der Waals surface area contributed by atoms with E-state index in [-0.39, 0.29) is 11.8 Å². The second-order valence-corrected chi connectivity index (χ2v) is 6.69. The standard InChI is InChI=1S/C17H27N5O2/c1-3-7-18-16(23)14-13-6-4-5-8-22(13)15(19-14)17(24)21-11-9-20(2)10-12-21/h3-12H2,1-2H3,(H,18,23). The first-order chi connectivity index (χ1) is 11.6. The number of hydrogen-bond acceptors (Lipinski definition) is 4. The number of hydrogen-bond donors (Lipinski definition) is 1. The highest BCUT2D eigenvalue weighted by Crippen LogP contribution is 2.22. The molecule has 3 heterocycles. The van der Waals surface area contributed by atoms with E-state index < -0.39 is 0 Å². The van der Waals surface area contributed by atoms with Crippen LogP contribution in [0.3, 0.4) is 0 Å². The molecule has 0 spiro atoms. The van der Waals surface area contributed by atoms with Crippen LogP contribution in [0.4, 0.5) is 0 Å². The lowest BCUT2D eigenvalue weighted by Gasteiger charge is -2.32. The Bertz CT molecular complexity index is 617. The van der Waals surface area contributed by atoms with Crippen LogP contribution in [0.5, 0.6) is 0 Å². The van der Waals surface area contributed by atoms with Crippen molar-refractivity contribution in [3.05, 3.63) is 17.2 Å². The molecule has 3 rings (SSSR count). The Hall–Kier alpha value is -1.89. The number of nitrogens with zero attached hydrogens (tertiary/aromatic N) is 4. The summed E-state index contributed by atoms with van der Waals surface area (Å²) in [5.41, 5.74) is 1.37. The molecule has 0 saturated carbocycles. The van der Waals surface area contributed by atoms with Gasteiger partial charge < -0.3 is 19.7 Å². The lowest BCUT2D eigenvalue weighted by atomic mass is 10.1. The van der Waals surface area contributed by atoms with Crippen LogP contribution in [0, 0.1) is 0 Å². The van der Waals surface area contributed by atoms with E-state index >= 15 is 0 Å². The molecule has 2 aliphatic rings. The first-order valence-electron chi connectivity index (χ1n) is 8.97. The molecule has 1 saturated heterocycles. The summed E-state index contributed by atoms with van der Waals surface area (Å²) >= 11 is 0. The van der Waals surface area contributed by atoms with Crippen LogP contribution in [0.2, 0.25) is 0 Å². The summed E-state index contributed by atoms with van der Waals surface area (Å²) in [6.07, 6.45) is 3.77. The zero-order valence-electron chi connectivity index (χ0n) is 14.7. The summed E-state index contributed by atoms with van der Waals surface area (Å²) in [6.45, 7) is 6.62. The average Bonchev–Trinajstić information content (AvgIpc) is 2.99. The van der Waals surface area contributed by atoms with Crippen molar-refractivity contribution in [3.8, 4) is 0 Å². The smallest absolute Gasteiger partial charge is 0.289 e. The maximum absolute atomic E-state index is 12.9. The van der Waals surface area contributed by atoms with E-state index in [0.29, 0.717) is 18.1 Å². The third-order valence-corrected chi connectivity index (χ3v) is 4.85. The van der Waals surface area contributed by atoms with Gasteiger partial charge in [0.1, 0.15) is 5.69 Å². The molecule has 2 aliphatic heterocycles. The fourth-order valence-corrected chi connectivity index (χ4v) is 3.36. The Morgan fingerprint density at radius 3 is 2.58 bits per heavy atom. The molecule has 0 radical (unpaired) electrons. The highest BCUT2D eigenvalue weighted by Gasteiger charge is 2.30. The number of piperazine rings is 1. The Balaban J connectivity index is 1.86. The minimum absolute atomic E-state index is 0.0409. The van der Waals surface area contributed by atoms with Crippen molar-refractivity contribution in [2.45, 2.75) is 39.2 Å². The van der Waals surface area contributed by atoms with Gasteiger partial charge in [-0.25, -0.2) is 4.98 Å². The highest BCUT2D eigenvalue weighted by atomic mass is 16.2. The maximum atomic E-state index is 12.9. The first-order valence-corrected chi connectivity index (χ1v) is 8.97. The van der Waals surface area contributed by atoms with Crippen LogP contribution in [-0.4, -0.2) is 70.9 Å². The molecule has 1 aromatic rings. The highest BCUT2D eigenvalue weighted by molar-refractivity contribution is 5.97. The molecule has 132 valence electrons. The van der Waals surface area contributed by atoms with Crippen LogP contribution in [0.15, 0.2) is 0 Å². The minimum atomic E-state index is -0.153. The van der Waals surface area contributed by atoms with Gasteiger partial charge in [-0.3, -0.25) is 9.59 Å². The van der Waals surface area contributed by atoms with E-state index in [1.807, 2.05) is 16.4 Å². The molecule has 0 bridgehead atoms. The molecular weight excluding hydrogens is 306 g/mol. The van der Waals surface area contributed by atoms with Crippen LogP contribution in [-0.2, 0) is 13.0 Å². The van der Waals surface area contributed by atoms with E-state index in [2.05, 4.69) is 22.2 Å². The second-order valence-electron chi connectivity index (χ2n) is 6.69. The van der Waals surface area contributed by atoms with E-state index in [9.17, 15) is 9.59 Å². The van der Waals surface area contributed by atoms with Gasteiger partial charge in [0.05, 0.1) is 5.69 Å². The summed E-state index contributed by atoms with van der Waals surface area (Å²) in [5.74, 6) is 0.247. The largest absolute Gasteiger partial charge is 0.351 e. The molecule has 7 nitrogen and oxygen atoms in total. The van der Waals surface area contributed by atoms with Crippen LogP contribution >= 0.6 is 0 Å². The zero-order valence-corrected chi connectivity index (χ0v) is 14.7. The summed E-state index contributed by atoms with van der Waals surface area (Å²) in [4.78, 5) is 33.9. The maximum Gasteiger partial charge on any atom is 0.289 e. The van der Waals surface area contributed by atoms with Gasteiger partial charge in [0.15, 0.2) is 5.82 Å². The van der Waals surface area contributed by atoms with Gasteiger partial charge >= 0.3 is 0 Å². The molecule has 1 fully saturated rings. The number of carbonyl (C=O) groups excluding carboxylic acids is 2. The van der Waals surface area contributed by atoms with Gasteiger partial charge in [0, 0.05) is 39.3 Å². The second kappa shape index (κ2) is 7.34. The van der Waals surface area contributed by atoms with Gasteiger partial charge in [0.2, 0.25) is 0 Å². The van der Waals surface area contributed by atoms with Crippen molar-refractivity contribution in [2.75, 3.05) is 39.8 Å². The Kier molecular flexibility index (Phi) is 5.18. The number of aromatic nitrogens is 2. The fraction of sp³-hybridized carbons (Fsp3) is 0.706. The zero-order chi connectivity index (χ0) is 17.1. The Labute approximate surface area is 143 Å². The van der Waals surface area contributed by atoms with Gasteiger partial charge in [-0.2, -0.15) is 0 Å². The molecule has 0 atom stereocenters. The molecule has 0 unspecified atom stereocenters. The number of nitrogens with one attached hydrogen (secondary N) is 1. The Morgan fingerprint density at radius 1 is 1.12 bits per heavy atom. The lowest BCUT2D eigenvalue weighted by molar-refractivity contribution is 0.0645. The predicted octanol–water partition coefficient (Wildman–Crippen LogP) is 0.747. The summed E-state index contributed by atoms with van der Waals surface area (Å²) < 4.78 is 1.98. The van der Waals surface area contributed by atoms with Crippen molar-refractivity contribution in [1.82, 2.24) is 24.7 Å². The number of rotatable bonds is 4. The molecule has 1 N–H and O–H groups in total. The molecule has 1 aromatic heterocycles. The number of fused-ring (bicyclic) bond motifs is 1. The van der Waals surface area contributed by atoms with Gasteiger partial charge in [-0.15, -0.1) is 0 Å². The SMILES string of the molecule is CCCNC(=O)c1nc(C(=O)N2CCN(C)CC2)n2c1CCCC2. The van der Waals surface area contributed by atoms with Crippen molar-refractivity contribution in [1.29, 1.82) is 0 Å². The van der Waals surface area contributed by atoms with Crippen molar-refractivity contribution < 1.29 is 9.59 Å². The topological polar surface area (TPSA) is 70.5 Å². The monoisotopic (exact) mass is 333 g/mol. The van der Waals surface area contributed by atoms with Gasteiger partial charge in [0.25, 0.3) is 11.8 Å². The molecule has 2 amide bonds. The predicted molar refractivity (Wildman–Crippen MR) is 91.2 cm³/mol. The Morgan fingerprint density at radius 2 is 1.88 bits per heavy atom. The third kappa shape index (κ3) is 3.31. The van der Waals surface area contributed by atoms with Gasteiger partial charge in [-0.1, -0.05) is 6.92 Å². The molecule has 0 aromatic carbocycles. The van der Waals surface area contributed by atoms with E-state index in [0.717, 1.165) is 64.1 Å². The van der Waals surface area contributed by atoms with E-state index in [1.54, 1.807) is 0 Å². The molecule has 24 heavy (non-hydrogen) atoms. The number of amides is 2. The van der Waals surface area contributed by atoms with Gasteiger partial charge in [-0.05, 0) is 32.7 Å². The number of imidazole rings is 1. The van der Waals surface area contributed by atoms with Crippen LogP contribution in [0.25, 0.3) is 0 Å². The average molecular weight is 333 g/mol. The van der Waals surface area contributed by atoms with Crippen LogP contribution < -0.4 is 5.32 Å². The van der Waals surface area contributed by atoms with Crippen molar-refractivity contribution in [3.63, 3.8) is 0 Å². The van der Waals surface area contributed by atoms with E-state index in [1.165, 1.54) is 0 Å². The number of carbonyl (C=O) groups is 2. The number of likely N-dealkylation sites (N-methyl/N-ethyl adjacent to an activating group) is 1. The summed E-state index contributed by atoms with van der Waals surface area (Å²) in [5, 5.41) is 2.89. The third-order valence-electron chi connectivity index (χ3n) is 4.85. The molecule has 7 heteroatoms. The summed E-state index contributed by atoms with van der Waals surface area (Å²) in [6, 6.07) is 0. The quantitative estimate of drug-likeness (QED) is 0.883. The molecular formula is C17H27N5O2. The van der Waals surface area contributed by atoms with E-state index in [4.69, 9.17) is 0 Å². The fourth-order valence-electron chi connectivity index (χ4n) is 3.36. The minimum Gasteiger partial charge on any atom is -0.351 e. The first kappa shape index (κ1) is 17.0. The van der Waals surface area contributed by atoms with Crippen LogP contribution in [0.1, 0.15) is 53.0 Å². The lowest BCUT2D eigenvalue weighted by Crippen LogP contribution is -2.47. The normalized spacial score (nSPS) is 18.3. The summed E-state index contributed by atoms with van der Waals surface area (Å²) in [7, 11) is 2.06. The molecule has 0 aliphatic carbocycles. The van der Waals surface area contributed by atoms with Crippen molar-refractivity contribution >= 4 is 11.8 Å².